The van der Waals surface area contributed by atoms with E-state index in [2.05, 4.69) is 20.7 Å². The number of benzene rings is 2. The molecule has 8 rings (SSSR count). The van der Waals surface area contributed by atoms with E-state index in [9.17, 15) is 18.3 Å². The Morgan fingerprint density at radius 3 is 2.80 bits per heavy atom. The van der Waals surface area contributed by atoms with Crippen molar-refractivity contribution < 1.29 is 32.1 Å². The maximum absolute atomic E-state index is 17.0. The highest BCUT2D eigenvalue weighted by Gasteiger charge is 2.49. The highest BCUT2D eigenvalue weighted by Crippen LogP contribution is 2.43. The molecule has 46 heavy (non-hydrogen) atoms. The van der Waals surface area contributed by atoms with Crippen LogP contribution in [0.15, 0.2) is 18.2 Å². The number of aromatic hydroxyl groups is 1. The second-order valence-corrected chi connectivity index (χ2v) is 12.7. The van der Waals surface area contributed by atoms with Crippen molar-refractivity contribution in [1.29, 1.82) is 0 Å². The Hall–Kier alpha value is -4.21. The van der Waals surface area contributed by atoms with Gasteiger partial charge in [-0.3, -0.25) is 4.90 Å². The summed E-state index contributed by atoms with van der Waals surface area (Å²) in [5, 5.41) is 11.2. The van der Waals surface area contributed by atoms with Gasteiger partial charge in [-0.25, -0.2) is 22.5 Å². The molecule has 4 aromatic rings. The normalized spacial score (nSPS) is 24.5. The average molecular weight is 634 g/mol. The number of halogens is 4. The summed E-state index contributed by atoms with van der Waals surface area (Å²) < 4.78 is 73.0. The molecule has 0 amide bonds. The largest absolute Gasteiger partial charge is 0.508 e. The molecule has 4 aliphatic heterocycles. The number of hydrogen-bond acceptors (Lipinski definition) is 8. The zero-order chi connectivity index (χ0) is 31.7. The SMILES string of the molecule is C#Cc1c(F)c(F)cc2cc(O)cc(-c3nc4c5c(nc(OC[C@@]67CCCN6C[C@H](F)C7)nc5c3F)N3CCCOC[C@@H]3CC4)c12. The Morgan fingerprint density at radius 1 is 1.09 bits per heavy atom. The van der Waals surface area contributed by atoms with Crippen LogP contribution in [-0.4, -0.2) is 82.2 Å². The Bertz CT molecular complexity index is 1950. The molecular weight excluding hydrogens is 602 g/mol. The molecule has 1 N–H and O–H groups in total. The smallest absolute Gasteiger partial charge is 0.319 e. The fourth-order valence-electron chi connectivity index (χ4n) is 7.93. The first kappa shape index (κ1) is 29.2. The quantitative estimate of drug-likeness (QED) is 0.235. The van der Waals surface area contributed by atoms with Crippen LogP contribution in [0.1, 0.15) is 43.4 Å². The van der Waals surface area contributed by atoms with Crippen molar-refractivity contribution in [3.8, 4) is 35.4 Å². The minimum absolute atomic E-state index is 0.00247. The van der Waals surface area contributed by atoms with Crippen molar-refractivity contribution in [3.05, 3.63) is 46.9 Å². The number of rotatable bonds is 4. The monoisotopic (exact) mass is 633 g/mol. The van der Waals surface area contributed by atoms with Gasteiger partial charge >= 0.3 is 6.01 Å². The van der Waals surface area contributed by atoms with Crippen molar-refractivity contribution in [2.24, 2.45) is 0 Å². The van der Waals surface area contributed by atoms with E-state index in [-0.39, 0.29) is 52.0 Å². The van der Waals surface area contributed by atoms with Crippen LogP contribution in [0.4, 0.5) is 23.4 Å². The molecule has 12 heteroatoms. The number of terminal acetylenes is 1. The number of pyridine rings is 1. The molecule has 0 bridgehead atoms. The molecule has 8 nitrogen and oxygen atoms in total. The highest BCUT2D eigenvalue weighted by molar-refractivity contribution is 6.03. The van der Waals surface area contributed by atoms with Gasteiger partial charge in [0.15, 0.2) is 17.5 Å². The number of alkyl halides is 1. The molecule has 6 heterocycles. The first-order chi connectivity index (χ1) is 22.3. The van der Waals surface area contributed by atoms with Crippen LogP contribution in [0.25, 0.3) is 32.9 Å². The predicted octanol–water partition coefficient (Wildman–Crippen LogP) is 5.45. The molecule has 0 radical (unpaired) electrons. The van der Waals surface area contributed by atoms with E-state index >= 15 is 4.39 Å². The summed E-state index contributed by atoms with van der Waals surface area (Å²) in [6.07, 6.45) is 8.55. The van der Waals surface area contributed by atoms with E-state index in [0.717, 1.165) is 31.9 Å². The summed E-state index contributed by atoms with van der Waals surface area (Å²) in [7, 11) is 0. The first-order valence-corrected chi connectivity index (χ1v) is 15.6. The standard InChI is InChI=1S/C34H31F4N5O3/c1-2-22-26-18(12-24(36)28(22)37)11-21(44)13-23(26)30-29(38)31-27-25(39-30)6-5-20-16-45-10-4-9-43(20)32(27)41-33(40-31)46-17-34-7-3-8-42(34)15-19(35)14-34/h1,11-13,19-20,44H,3-10,14-17H2/t19-,20+,34+/m1/s1. The number of phenols is 1. The Labute approximate surface area is 262 Å². The van der Waals surface area contributed by atoms with Gasteiger partial charge in [-0.05, 0) is 62.2 Å². The molecule has 2 aromatic carbocycles. The Balaban J connectivity index is 1.34. The van der Waals surface area contributed by atoms with E-state index in [1.807, 2.05) is 0 Å². The van der Waals surface area contributed by atoms with E-state index in [4.69, 9.17) is 25.9 Å². The van der Waals surface area contributed by atoms with Crippen molar-refractivity contribution in [1.82, 2.24) is 19.9 Å². The Kier molecular flexibility index (Phi) is 6.95. The van der Waals surface area contributed by atoms with Gasteiger partial charge < -0.3 is 19.5 Å². The van der Waals surface area contributed by atoms with Gasteiger partial charge in [0, 0.05) is 37.1 Å². The molecule has 2 aromatic heterocycles. The third kappa shape index (κ3) is 4.54. The first-order valence-electron chi connectivity index (χ1n) is 15.6. The lowest BCUT2D eigenvalue weighted by Gasteiger charge is -2.31. The molecule has 0 unspecified atom stereocenters. The molecule has 238 valence electrons. The zero-order valence-corrected chi connectivity index (χ0v) is 25.0. The Morgan fingerprint density at radius 2 is 1.96 bits per heavy atom. The zero-order valence-electron chi connectivity index (χ0n) is 25.0. The van der Waals surface area contributed by atoms with Gasteiger partial charge in [0.25, 0.3) is 0 Å². The third-order valence-corrected chi connectivity index (χ3v) is 9.99. The van der Waals surface area contributed by atoms with Gasteiger partial charge in [0.05, 0.1) is 34.8 Å². The summed E-state index contributed by atoms with van der Waals surface area (Å²) in [6, 6.07) is 3.28. The lowest BCUT2D eigenvalue weighted by atomic mass is 9.95. The number of ether oxygens (including phenoxy) is 2. The van der Waals surface area contributed by atoms with Crippen LogP contribution in [0.3, 0.4) is 0 Å². The number of fused-ring (bicyclic) bond motifs is 4. The third-order valence-electron chi connectivity index (χ3n) is 9.99. The van der Waals surface area contributed by atoms with Gasteiger partial charge in [0.1, 0.15) is 35.6 Å². The van der Waals surface area contributed by atoms with Gasteiger partial charge in [0.2, 0.25) is 0 Å². The number of phenolic OH excluding ortho intramolecular Hbond substituents is 1. The lowest BCUT2D eigenvalue weighted by Crippen LogP contribution is -2.43. The molecule has 3 saturated heterocycles. The van der Waals surface area contributed by atoms with Gasteiger partial charge in [-0.15, -0.1) is 6.42 Å². The van der Waals surface area contributed by atoms with Crippen LogP contribution >= 0.6 is 0 Å². The molecule has 0 saturated carbocycles. The fraction of sp³-hybridized carbons (Fsp3) is 0.441. The van der Waals surface area contributed by atoms with Crippen molar-refractivity contribution in [2.45, 2.75) is 56.3 Å². The minimum Gasteiger partial charge on any atom is -0.508 e. The van der Waals surface area contributed by atoms with Crippen molar-refractivity contribution >= 4 is 27.5 Å². The second kappa shape index (κ2) is 11.0. The van der Waals surface area contributed by atoms with Crippen molar-refractivity contribution in [2.75, 3.05) is 44.4 Å². The molecule has 0 aliphatic carbocycles. The van der Waals surface area contributed by atoms with Gasteiger partial charge in [-0.2, -0.15) is 9.97 Å². The van der Waals surface area contributed by atoms with Crippen LogP contribution < -0.4 is 9.64 Å². The highest BCUT2D eigenvalue weighted by atomic mass is 19.2. The van der Waals surface area contributed by atoms with E-state index in [0.29, 0.717) is 62.5 Å². The minimum atomic E-state index is -1.25. The van der Waals surface area contributed by atoms with Crippen LogP contribution in [0.5, 0.6) is 11.8 Å². The maximum Gasteiger partial charge on any atom is 0.319 e. The second-order valence-electron chi connectivity index (χ2n) is 12.7. The maximum atomic E-state index is 17.0. The molecule has 4 aliphatic rings. The molecule has 3 fully saturated rings. The molecular formula is C34H31F4N5O3. The molecule has 3 atom stereocenters. The summed E-state index contributed by atoms with van der Waals surface area (Å²) in [5.41, 5.74) is -0.627. The number of aromatic nitrogens is 3. The van der Waals surface area contributed by atoms with Crippen LogP contribution in [-0.2, 0) is 11.2 Å². The summed E-state index contributed by atoms with van der Waals surface area (Å²) in [5.74, 6) is -0.913. The lowest BCUT2D eigenvalue weighted by molar-refractivity contribution is 0.107. The number of aryl methyl sites for hydroxylation is 1. The van der Waals surface area contributed by atoms with Gasteiger partial charge in [-0.1, -0.05) is 5.92 Å². The molecule has 0 spiro atoms. The number of anilines is 1. The van der Waals surface area contributed by atoms with Crippen LogP contribution in [0.2, 0.25) is 0 Å². The van der Waals surface area contributed by atoms with E-state index in [1.165, 1.54) is 12.1 Å². The summed E-state index contributed by atoms with van der Waals surface area (Å²) in [4.78, 5) is 18.4. The fourth-order valence-corrected chi connectivity index (χ4v) is 7.93. The predicted molar refractivity (Wildman–Crippen MR) is 163 cm³/mol. The number of hydrogen-bond donors (Lipinski definition) is 1. The van der Waals surface area contributed by atoms with E-state index < -0.39 is 34.7 Å². The number of nitrogens with zero attached hydrogens (tertiary/aromatic N) is 5. The topological polar surface area (TPSA) is 83.8 Å². The van der Waals surface area contributed by atoms with Crippen LogP contribution in [0, 0.1) is 29.8 Å². The van der Waals surface area contributed by atoms with Crippen molar-refractivity contribution in [3.63, 3.8) is 0 Å². The summed E-state index contributed by atoms with van der Waals surface area (Å²) in [6.45, 7) is 2.97. The average Bonchev–Trinajstić information content (AvgIpc) is 3.38. The van der Waals surface area contributed by atoms with E-state index in [1.54, 1.807) is 0 Å². The summed E-state index contributed by atoms with van der Waals surface area (Å²) >= 11 is 0.